The van der Waals surface area contributed by atoms with Crippen LogP contribution in [0.2, 0.25) is 0 Å². The molecule has 0 spiro atoms. The van der Waals surface area contributed by atoms with E-state index >= 15 is 0 Å². The third-order valence-electron chi connectivity index (χ3n) is 3.90. The van der Waals surface area contributed by atoms with E-state index < -0.39 is 11.9 Å². The molecule has 2 aromatic rings. The molecule has 0 bridgehead atoms. The Morgan fingerprint density at radius 3 is 2.42 bits per heavy atom. The third kappa shape index (κ3) is 5.56. The van der Waals surface area contributed by atoms with Crippen molar-refractivity contribution in [1.29, 1.82) is 0 Å². The fourth-order valence-corrected chi connectivity index (χ4v) is 2.25. The second kappa shape index (κ2) is 8.96. The Morgan fingerprint density at radius 2 is 1.81 bits per heavy atom. The number of anilines is 2. The Kier molecular flexibility index (Phi) is 6.68. The van der Waals surface area contributed by atoms with Gasteiger partial charge in [-0.2, -0.15) is 0 Å². The van der Waals surface area contributed by atoms with E-state index in [4.69, 9.17) is 4.74 Å². The lowest BCUT2D eigenvalue weighted by atomic mass is 10.2. The van der Waals surface area contributed by atoms with Gasteiger partial charge in [0.15, 0.2) is 0 Å². The number of carbonyl (C=O) groups excluding carboxylic acids is 2. The van der Waals surface area contributed by atoms with Crippen LogP contribution in [0.4, 0.5) is 15.8 Å². The van der Waals surface area contributed by atoms with Crippen molar-refractivity contribution in [3.63, 3.8) is 0 Å². The molecule has 26 heavy (non-hydrogen) atoms. The zero-order valence-corrected chi connectivity index (χ0v) is 15.0. The van der Waals surface area contributed by atoms with E-state index in [1.807, 2.05) is 0 Å². The number of ether oxygens (including phenoxy) is 1. The first kappa shape index (κ1) is 19.4. The van der Waals surface area contributed by atoms with Gasteiger partial charge in [-0.15, -0.1) is 0 Å². The van der Waals surface area contributed by atoms with Gasteiger partial charge in [0, 0.05) is 11.4 Å². The summed E-state index contributed by atoms with van der Waals surface area (Å²) in [6, 6.07) is 12.0. The summed E-state index contributed by atoms with van der Waals surface area (Å²) < 4.78 is 18.2. The Labute approximate surface area is 152 Å². The van der Waals surface area contributed by atoms with Crippen molar-refractivity contribution >= 4 is 23.2 Å². The molecule has 0 radical (unpaired) electrons. The number of carbonyl (C=O) groups is 2. The fraction of sp³-hybridized carbons (Fsp3) is 0.263. The number of methoxy groups -OCH3 is 1. The van der Waals surface area contributed by atoms with Crippen LogP contribution in [-0.2, 0) is 9.59 Å². The molecule has 2 aromatic carbocycles. The average Bonchev–Trinajstić information content (AvgIpc) is 2.61. The van der Waals surface area contributed by atoms with Crippen molar-refractivity contribution in [2.75, 3.05) is 31.3 Å². The van der Waals surface area contributed by atoms with E-state index in [-0.39, 0.29) is 18.4 Å². The number of benzene rings is 2. The Bertz CT molecular complexity index is 765. The lowest BCUT2D eigenvalue weighted by Gasteiger charge is -2.23. The molecule has 6 nitrogen and oxygen atoms in total. The Balaban J connectivity index is 1.87. The van der Waals surface area contributed by atoms with Gasteiger partial charge in [-0.05, 0) is 56.4 Å². The normalized spacial score (nSPS) is 11.7. The van der Waals surface area contributed by atoms with Crippen LogP contribution in [0.3, 0.4) is 0 Å². The number of likely N-dealkylation sites (N-methyl/N-ethyl adjacent to an activating group) is 1. The van der Waals surface area contributed by atoms with Crippen molar-refractivity contribution in [2.45, 2.75) is 13.0 Å². The van der Waals surface area contributed by atoms with Gasteiger partial charge in [-0.3, -0.25) is 14.5 Å². The number of hydrogen-bond acceptors (Lipinski definition) is 4. The number of hydrogen-bond donors (Lipinski definition) is 2. The molecule has 2 N–H and O–H groups in total. The minimum absolute atomic E-state index is 0.0315. The van der Waals surface area contributed by atoms with Crippen LogP contribution < -0.4 is 15.4 Å². The lowest BCUT2D eigenvalue weighted by molar-refractivity contribution is -0.122. The summed E-state index contributed by atoms with van der Waals surface area (Å²) in [5, 5.41) is 5.39. The highest BCUT2D eigenvalue weighted by atomic mass is 19.1. The maximum absolute atomic E-state index is 13.2. The highest BCUT2D eigenvalue weighted by Crippen LogP contribution is 2.15. The standard InChI is InChI=1S/C19H22FN3O3/c1-13(19(25)22-16-6-4-5-14(20)11-16)23(2)12-18(24)21-15-7-9-17(26-3)10-8-15/h4-11,13H,12H2,1-3H3,(H,21,24)(H,22,25). The highest BCUT2D eigenvalue weighted by molar-refractivity contribution is 5.96. The fourth-order valence-electron chi connectivity index (χ4n) is 2.25. The molecular weight excluding hydrogens is 337 g/mol. The molecule has 138 valence electrons. The predicted octanol–water partition coefficient (Wildman–Crippen LogP) is 2.73. The first-order valence-corrected chi connectivity index (χ1v) is 8.09. The summed E-state index contributed by atoms with van der Waals surface area (Å²) in [7, 11) is 3.24. The summed E-state index contributed by atoms with van der Waals surface area (Å²) >= 11 is 0. The van der Waals surface area contributed by atoms with Gasteiger partial charge in [0.25, 0.3) is 0 Å². The van der Waals surface area contributed by atoms with E-state index in [0.717, 1.165) is 0 Å². The van der Waals surface area contributed by atoms with Gasteiger partial charge in [0.1, 0.15) is 11.6 Å². The molecule has 0 saturated carbocycles. The Morgan fingerprint density at radius 1 is 1.12 bits per heavy atom. The monoisotopic (exact) mass is 359 g/mol. The molecule has 1 unspecified atom stereocenters. The summed E-state index contributed by atoms with van der Waals surface area (Å²) in [5.41, 5.74) is 1.01. The molecule has 1 atom stereocenters. The number of halogens is 1. The summed E-state index contributed by atoms with van der Waals surface area (Å²) in [5.74, 6) is -0.302. The molecule has 0 heterocycles. The van der Waals surface area contributed by atoms with Crippen molar-refractivity contribution < 1.29 is 18.7 Å². The largest absolute Gasteiger partial charge is 0.497 e. The number of nitrogens with one attached hydrogen (secondary N) is 2. The molecule has 2 rings (SSSR count). The van der Waals surface area contributed by atoms with Gasteiger partial charge < -0.3 is 15.4 Å². The second-order valence-electron chi connectivity index (χ2n) is 5.87. The first-order valence-electron chi connectivity index (χ1n) is 8.09. The van der Waals surface area contributed by atoms with E-state index in [1.165, 1.54) is 18.2 Å². The van der Waals surface area contributed by atoms with Crippen LogP contribution in [0.5, 0.6) is 5.75 Å². The van der Waals surface area contributed by atoms with Gasteiger partial charge in [0.2, 0.25) is 11.8 Å². The van der Waals surface area contributed by atoms with Crippen LogP contribution in [-0.4, -0.2) is 43.5 Å². The van der Waals surface area contributed by atoms with Crippen molar-refractivity contribution in [3.05, 3.63) is 54.3 Å². The minimum atomic E-state index is -0.570. The van der Waals surface area contributed by atoms with E-state index in [9.17, 15) is 14.0 Å². The smallest absolute Gasteiger partial charge is 0.241 e. The van der Waals surface area contributed by atoms with Crippen LogP contribution in [0, 0.1) is 5.82 Å². The molecule has 0 saturated heterocycles. The molecule has 2 amide bonds. The van der Waals surface area contributed by atoms with Crippen LogP contribution in [0.1, 0.15) is 6.92 Å². The van der Waals surface area contributed by atoms with E-state index in [1.54, 1.807) is 56.3 Å². The molecule has 0 aliphatic rings. The SMILES string of the molecule is COc1ccc(NC(=O)CN(C)C(C)C(=O)Nc2cccc(F)c2)cc1. The number of rotatable bonds is 7. The first-order chi connectivity index (χ1) is 12.4. The average molecular weight is 359 g/mol. The van der Waals surface area contributed by atoms with Gasteiger partial charge in [0.05, 0.1) is 19.7 Å². The van der Waals surface area contributed by atoms with Crippen molar-refractivity contribution in [1.82, 2.24) is 4.90 Å². The molecule has 0 aliphatic heterocycles. The minimum Gasteiger partial charge on any atom is -0.497 e. The number of nitrogens with zero attached hydrogens (tertiary/aromatic N) is 1. The third-order valence-corrected chi connectivity index (χ3v) is 3.90. The highest BCUT2D eigenvalue weighted by Gasteiger charge is 2.20. The predicted molar refractivity (Wildman–Crippen MR) is 98.7 cm³/mol. The van der Waals surface area contributed by atoms with E-state index in [2.05, 4.69) is 10.6 Å². The molecule has 0 aliphatic carbocycles. The van der Waals surface area contributed by atoms with Gasteiger partial charge in [-0.1, -0.05) is 6.07 Å². The number of amides is 2. The second-order valence-corrected chi connectivity index (χ2v) is 5.87. The Hall–Kier alpha value is -2.93. The lowest BCUT2D eigenvalue weighted by Crippen LogP contribution is -2.43. The van der Waals surface area contributed by atoms with Crippen molar-refractivity contribution in [2.24, 2.45) is 0 Å². The molecular formula is C19H22FN3O3. The maximum atomic E-state index is 13.2. The van der Waals surface area contributed by atoms with Crippen LogP contribution in [0.25, 0.3) is 0 Å². The summed E-state index contributed by atoms with van der Waals surface area (Å²) in [6.45, 7) is 1.71. The zero-order valence-electron chi connectivity index (χ0n) is 15.0. The molecule has 0 aromatic heterocycles. The topological polar surface area (TPSA) is 70.7 Å². The summed E-state index contributed by atoms with van der Waals surface area (Å²) in [6.07, 6.45) is 0. The molecule has 0 fully saturated rings. The molecule has 7 heteroatoms. The van der Waals surface area contributed by atoms with Crippen molar-refractivity contribution in [3.8, 4) is 5.75 Å². The van der Waals surface area contributed by atoms with Gasteiger partial charge >= 0.3 is 0 Å². The zero-order chi connectivity index (χ0) is 19.1. The maximum Gasteiger partial charge on any atom is 0.241 e. The van der Waals surface area contributed by atoms with Gasteiger partial charge in [-0.25, -0.2) is 4.39 Å². The van der Waals surface area contributed by atoms with E-state index in [0.29, 0.717) is 17.1 Å². The van der Waals surface area contributed by atoms with Crippen LogP contribution >= 0.6 is 0 Å². The summed E-state index contributed by atoms with van der Waals surface area (Å²) in [4.78, 5) is 26.0. The van der Waals surface area contributed by atoms with Crippen LogP contribution in [0.15, 0.2) is 48.5 Å². The quantitative estimate of drug-likeness (QED) is 0.797.